The van der Waals surface area contributed by atoms with Crippen molar-refractivity contribution in [3.05, 3.63) is 66.5 Å². The summed E-state index contributed by atoms with van der Waals surface area (Å²) in [6.07, 6.45) is -1.55. The van der Waals surface area contributed by atoms with E-state index in [9.17, 15) is 18.0 Å². The van der Waals surface area contributed by atoms with E-state index in [1.165, 1.54) is 30.5 Å². The zero-order chi connectivity index (χ0) is 22.0. The van der Waals surface area contributed by atoms with Gasteiger partial charge in [0.1, 0.15) is 0 Å². The molecule has 4 aromatic rings. The Kier molecular flexibility index (Phi) is 5.07. The summed E-state index contributed by atoms with van der Waals surface area (Å²) in [6, 6.07) is 10.7. The Morgan fingerprint density at radius 2 is 1.81 bits per heavy atom. The fraction of sp³-hybridized carbons (Fsp3) is 0.0500. The number of anilines is 1. The molecule has 0 spiro atoms. The summed E-state index contributed by atoms with van der Waals surface area (Å²) >= 11 is 0. The minimum atomic E-state index is -4.63. The van der Waals surface area contributed by atoms with Gasteiger partial charge in [-0.3, -0.25) is 4.98 Å². The number of amides is 2. The first-order valence-electron chi connectivity index (χ1n) is 8.91. The molecule has 2 amide bonds. The summed E-state index contributed by atoms with van der Waals surface area (Å²) in [5, 5.41) is 15.9. The van der Waals surface area contributed by atoms with Gasteiger partial charge < -0.3 is 11.1 Å². The molecule has 4 N–H and O–H groups in total. The van der Waals surface area contributed by atoms with Crippen LogP contribution in [0.1, 0.15) is 5.56 Å². The third-order valence-electron chi connectivity index (χ3n) is 4.52. The van der Waals surface area contributed by atoms with Crippen molar-refractivity contribution in [3.8, 4) is 33.6 Å². The maximum atomic E-state index is 13.9. The summed E-state index contributed by atoms with van der Waals surface area (Å²) in [5.41, 5.74) is 5.77. The van der Waals surface area contributed by atoms with Gasteiger partial charge in [0.2, 0.25) is 0 Å². The Hall–Kier alpha value is -4.28. The molecule has 11 heteroatoms. The highest BCUT2D eigenvalue weighted by atomic mass is 19.4. The van der Waals surface area contributed by atoms with Crippen LogP contribution in [0.25, 0.3) is 33.6 Å². The molecule has 0 atom stereocenters. The summed E-state index contributed by atoms with van der Waals surface area (Å²) < 4.78 is 41.7. The maximum absolute atomic E-state index is 13.9. The Morgan fingerprint density at radius 3 is 2.45 bits per heavy atom. The highest BCUT2D eigenvalue weighted by Gasteiger charge is 2.35. The van der Waals surface area contributed by atoms with Crippen molar-refractivity contribution >= 4 is 11.7 Å². The Bertz CT molecular complexity index is 1230. The zero-order valence-electron chi connectivity index (χ0n) is 15.7. The lowest BCUT2D eigenvalue weighted by atomic mass is 9.87. The monoisotopic (exact) mass is 425 g/mol. The number of primary amides is 1. The molecule has 2 heterocycles. The second kappa shape index (κ2) is 7.86. The number of rotatable bonds is 4. The standard InChI is InChI=1S/C20H14F3N7O/c21-20(22,23)14-6-2-1-5-13(14)16-12(11-4-3-9-25-10-11)7-8-15(26-19(24)31)17(16)18-27-29-30-28-18/h1-10H,(H3,24,26,31)(H,27,28,29,30). The molecular weight excluding hydrogens is 411 g/mol. The van der Waals surface area contributed by atoms with E-state index in [1.807, 2.05) is 0 Å². The number of nitrogens with one attached hydrogen (secondary N) is 2. The highest BCUT2D eigenvalue weighted by Crippen LogP contribution is 2.46. The number of aromatic nitrogens is 5. The van der Waals surface area contributed by atoms with E-state index in [4.69, 9.17) is 5.73 Å². The van der Waals surface area contributed by atoms with Crippen LogP contribution in [0, 0.1) is 0 Å². The average Bonchev–Trinajstić information content (AvgIpc) is 3.27. The molecule has 0 fully saturated rings. The van der Waals surface area contributed by atoms with E-state index < -0.39 is 17.8 Å². The minimum absolute atomic E-state index is 0.0569. The minimum Gasteiger partial charge on any atom is -0.351 e. The summed E-state index contributed by atoms with van der Waals surface area (Å²) in [5.74, 6) is 0.0569. The van der Waals surface area contributed by atoms with E-state index in [-0.39, 0.29) is 28.2 Å². The molecule has 0 aliphatic heterocycles. The number of alkyl halides is 3. The number of hydrogen-bond acceptors (Lipinski definition) is 5. The number of H-pyrrole nitrogens is 1. The quantitative estimate of drug-likeness (QED) is 0.454. The van der Waals surface area contributed by atoms with E-state index in [0.717, 1.165) is 6.07 Å². The number of benzene rings is 2. The molecular formula is C20H14F3N7O. The highest BCUT2D eigenvalue weighted by molar-refractivity contribution is 6.03. The molecule has 0 aliphatic carbocycles. The van der Waals surface area contributed by atoms with Crippen LogP contribution < -0.4 is 11.1 Å². The first-order chi connectivity index (χ1) is 14.9. The number of nitrogens with two attached hydrogens (primary N) is 1. The van der Waals surface area contributed by atoms with E-state index in [0.29, 0.717) is 11.1 Å². The number of aromatic amines is 1. The van der Waals surface area contributed by atoms with Crippen LogP contribution in [0.3, 0.4) is 0 Å². The third-order valence-corrected chi connectivity index (χ3v) is 4.52. The Balaban J connectivity index is 2.15. The summed E-state index contributed by atoms with van der Waals surface area (Å²) in [7, 11) is 0. The van der Waals surface area contributed by atoms with Crippen molar-refractivity contribution in [1.29, 1.82) is 0 Å². The van der Waals surface area contributed by atoms with Gasteiger partial charge in [-0.1, -0.05) is 30.3 Å². The number of urea groups is 1. The van der Waals surface area contributed by atoms with Gasteiger partial charge in [-0.05, 0) is 39.8 Å². The SMILES string of the molecule is NC(=O)Nc1ccc(-c2cccnc2)c(-c2ccccc2C(F)(F)F)c1-c1nnn[nH]1. The fourth-order valence-corrected chi connectivity index (χ4v) is 3.34. The number of carbonyl (C=O) groups excluding carboxylic acids is 1. The van der Waals surface area contributed by atoms with Crippen molar-refractivity contribution in [2.45, 2.75) is 6.18 Å². The van der Waals surface area contributed by atoms with Crippen molar-refractivity contribution < 1.29 is 18.0 Å². The number of carbonyl (C=O) groups is 1. The van der Waals surface area contributed by atoms with Crippen molar-refractivity contribution in [2.75, 3.05) is 5.32 Å². The molecule has 4 rings (SSSR count). The fourth-order valence-electron chi connectivity index (χ4n) is 3.34. The van der Waals surface area contributed by atoms with Crippen LogP contribution >= 0.6 is 0 Å². The van der Waals surface area contributed by atoms with Crippen LogP contribution in [0.15, 0.2) is 60.9 Å². The van der Waals surface area contributed by atoms with Gasteiger partial charge in [0.05, 0.1) is 16.8 Å². The summed E-state index contributed by atoms with van der Waals surface area (Å²) in [6.45, 7) is 0. The molecule has 0 unspecified atom stereocenters. The number of pyridine rings is 1. The van der Waals surface area contributed by atoms with E-state index in [1.54, 1.807) is 24.4 Å². The van der Waals surface area contributed by atoms with Gasteiger partial charge in [-0.25, -0.2) is 9.89 Å². The second-order valence-electron chi connectivity index (χ2n) is 6.43. The average molecular weight is 425 g/mol. The number of tetrazole rings is 1. The smallest absolute Gasteiger partial charge is 0.351 e. The van der Waals surface area contributed by atoms with Crippen LogP contribution in [-0.2, 0) is 6.18 Å². The van der Waals surface area contributed by atoms with Gasteiger partial charge in [-0.15, -0.1) is 5.10 Å². The predicted molar refractivity (Wildman–Crippen MR) is 106 cm³/mol. The molecule has 0 aliphatic rings. The summed E-state index contributed by atoms with van der Waals surface area (Å²) in [4.78, 5) is 15.6. The molecule has 0 saturated heterocycles. The number of nitrogens with zero attached hydrogens (tertiary/aromatic N) is 4. The van der Waals surface area contributed by atoms with Crippen LogP contribution in [0.4, 0.5) is 23.7 Å². The van der Waals surface area contributed by atoms with Gasteiger partial charge in [0, 0.05) is 23.5 Å². The number of hydrogen-bond donors (Lipinski definition) is 3. The van der Waals surface area contributed by atoms with E-state index in [2.05, 4.69) is 30.9 Å². The van der Waals surface area contributed by atoms with Gasteiger partial charge in [0.15, 0.2) is 5.82 Å². The normalized spacial score (nSPS) is 11.3. The third kappa shape index (κ3) is 3.92. The topological polar surface area (TPSA) is 122 Å². The number of halogens is 3. The second-order valence-corrected chi connectivity index (χ2v) is 6.43. The Labute approximate surface area is 173 Å². The zero-order valence-corrected chi connectivity index (χ0v) is 15.7. The molecule has 0 radical (unpaired) electrons. The largest absolute Gasteiger partial charge is 0.417 e. The van der Waals surface area contributed by atoms with Crippen LogP contribution in [0.2, 0.25) is 0 Å². The molecule has 8 nitrogen and oxygen atoms in total. The van der Waals surface area contributed by atoms with Crippen molar-refractivity contribution in [3.63, 3.8) is 0 Å². The van der Waals surface area contributed by atoms with Crippen LogP contribution in [-0.4, -0.2) is 31.6 Å². The molecule has 0 saturated carbocycles. The van der Waals surface area contributed by atoms with Gasteiger partial charge in [0.25, 0.3) is 0 Å². The first kappa shape index (κ1) is 20.0. The van der Waals surface area contributed by atoms with Gasteiger partial charge in [-0.2, -0.15) is 13.2 Å². The molecule has 156 valence electrons. The maximum Gasteiger partial charge on any atom is 0.417 e. The first-order valence-corrected chi connectivity index (χ1v) is 8.91. The lowest BCUT2D eigenvalue weighted by molar-refractivity contribution is -0.137. The molecule has 2 aromatic heterocycles. The van der Waals surface area contributed by atoms with Gasteiger partial charge >= 0.3 is 12.2 Å². The predicted octanol–water partition coefficient (Wildman–Crippen LogP) is 4.11. The van der Waals surface area contributed by atoms with Crippen LogP contribution in [0.5, 0.6) is 0 Å². The molecule has 0 bridgehead atoms. The molecule has 31 heavy (non-hydrogen) atoms. The lowest BCUT2D eigenvalue weighted by Crippen LogP contribution is -2.20. The van der Waals surface area contributed by atoms with Crippen molar-refractivity contribution in [1.82, 2.24) is 25.6 Å². The van der Waals surface area contributed by atoms with Crippen molar-refractivity contribution in [2.24, 2.45) is 5.73 Å². The van der Waals surface area contributed by atoms with E-state index >= 15 is 0 Å². The lowest BCUT2D eigenvalue weighted by Gasteiger charge is -2.21. The Morgan fingerprint density at radius 1 is 1.00 bits per heavy atom. The molecule has 2 aromatic carbocycles.